The Morgan fingerprint density at radius 3 is 2.71 bits per heavy atom. The minimum Gasteiger partial charge on any atom is -0.389 e. The molecule has 7 heteroatoms. The first-order valence-corrected chi connectivity index (χ1v) is 9.55. The highest BCUT2D eigenvalue weighted by Gasteiger charge is 2.33. The normalized spacial score (nSPS) is 26.1. The maximum Gasteiger partial charge on any atom is 0.265 e. The van der Waals surface area contributed by atoms with E-state index in [4.69, 9.17) is 4.74 Å². The summed E-state index contributed by atoms with van der Waals surface area (Å²) >= 11 is 1.53. The molecule has 1 aromatic rings. The second-order valence-electron chi connectivity index (χ2n) is 6.98. The molecule has 2 atom stereocenters. The van der Waals surface area contributed by atoms with Gasteiger partial charge in [0.05, 0.1) is 36.1 Å². The first-order valence-electron chi connectivity index (χ1n) is 8.74. The molecule has 0 radical (unpaired) electrons. The molecule has 24 heavy (non-hydrogen) atoms. The van der Waals surface area contributed by atoms with E-state index in [2.05, 4.69) is 23.7 Å². The van der Waals surface area contributed by atoms with E-state index < -0.39 is 6.10 Å². The van der Waals surface area contributed by atoms with Crippen LogP contribution in [0.5, 0.6) is 0 Å². The Morgan fingerprint density at radius 1 is 1.29 bits per heavy atom. The Bertz CT molecular complexity index is 590. The molecule has 0 aliphatic carbocycles. The van der Waals surface area contributed by atoms with E-state index in [9.17, 15) is 9.90 Å². The van der Waals surface area contributed by atoms with Gasteiger partial charge in [0.15, 0.2) is 0 Å². The van der Waals surface area contributed by atoms with Gasteiger partial charge in [-0.05, 0) is 13.3 Å². The quantitative estimate of drug-likeness (QED) is 0.892. The van der Waals surface area contributed by atoms with Crippen LogP contribution in [0, 0.1) is 6.92 Å². The summed E-state index contributed by atoms with van der Waals surface area (Å²) < 4.78 is 5.37. The zero-order chi connectivity index (χ0) is 17.3. The number of hydrogen-bond acceptors (Lipinski definition) is 6. The summed E-state index contributed by atoms with van der Waals surface area (Å²) in [5.74, 6) is 0.445. The maximum atomic E-state index is 12.9. The van der Waals surface area contributed by atoms with Gasteiger partial charge in [0.25, 0.3) is 5.91 Å². The third kappa shape index (κ3) is 3.64. The number of carbonyl (C=O) groups excluding carboxylic acids is 1. The van der Waals surface area contributed by atoms with E-state index in [1.807, 2.05) is 11.8 Å². The topological polar surface area (TPSA) is 65.9 Å². The number of thiazole rings is 1. The maximum absolute atomic E-state index is 12.9. The highest BCUT2D eigenvalue weighted by molar-refractivity contribution is 7.13. The summed E-state index contributed by atoms with van der Waals surface area (Å²) in [7, 11) is 0. The van der Waals surface area contributed by atoms with Gasteiger partial charge < -0.3 is 14.7 Å². The van der Waals surface area contributed by atoms with Crippen LogP contribution in [0.15, 0.2) is 0 Å². The predicted octanol–water partition coefficient (Wildman–Crippen LogP) is 1.48. The summed E-state index contributed by atoms with van der Waals surface area (Å²) in [6, 6.07) is 0.0673. The molecule has 134 valence electrons. The van der Waals surface area contributed by atoms with Crippen molar-refractivity contribution in [3.63, 3.8) is 0 Å². The molecule has 3 rings (SSSR count). The first-order chi connectivity index (χ1) is 11.5. The van der Waals surface area contributed by atoms with E-state index in [0.29, 0.717) is 25.7 Å². The highest BCUT2D eigenvalue weighted by Crippen LogP contribution is 2.26. The second-order valence-corrected chi connectivity index (χ2v) is 8.01. The Kier molecular flexibility index (Phi) is 5.54. The van der Waals surface area contributed by atoms with Gasteiger partial charge in [0, 0.05) is 32.1 Å². The number of aliphatic hydroxyl groups excluding tert-OH is 1. The molecule has 0 aromatic carbocycles. The highest BCUT2D eigenvalue weighted by atomic mass is 32.1. The number of aliphatic hydroxyl groups is 1. The van der Waals surface area contributed by atoms with Crippen molar-refractivity contribution in [1.29, 1.82) is 0 Å². The monoisotopic (exact) mass is 353 g/mol. The Balaban J connectivity index is 1.66. The molecule has 0 unspecified atom stereocenters. The molecule has 0 spiro atoms. The van der Waals surface area contributed by atoms with E-state index in [1.165, 1.54) is 11.3 Å². The van der Waals surface area contributed by atoms with Crippen LogP contribution >= 0.6 is 11.3 Å². The van der Waals surface area contributed by atoms with Gasteiger partial charge in [0.1, 0.15) is 4.88 Å². The SMILES string of the molecule is Cc1nc(C(C)C)sc1C(=O)N1CCCN([C@@H]2COC[C@H]2O)CC1. The van der Waals surface area contributed by atoms with Crippen LogP contribution in [0.4, 0.5) is 0 Å². The average molecular weight is 353 g/mol. The largest absolute Gasteiger partial charge is 0.389 e. The lowest BCUT2D eigenvalue weighted by atomic mass is 10.2. The number of aryl methyl sites for hydroxylation is 1. The van der Waals surface area contributed by atoms with Crippen molar-refractivity contribution in [2.75, 3.05) is 39.4 Å². The third-order valence-electron chi connectivity index (χ3n) is 4.81. The lowest BCUT2D eigenvalue weighted by Crippen LogP contribution is -2.45. The van der Waals surface area contributed by atoms with Gasteiger partial charge in [-0.2, -0.15) is 0 Å². The smallest absolute Gasteiger partial charge is 0.265 e. The van der Waals surface area contributed by atoms with E-state index in [-0.39, 0.29) is 11.9 Å². The molecule has 1 aromatic heterocycles. The summed E-state index contributed by atoms with van der Waals surface area (Å²) in [6.07, 6.45) is 0.508. The fraction of sp³-hybridized carbons (Fsp3) is 0.765. The number of rotatable bonds is 3. The molecule has 2 aliphatic heterocycles. The minimum atomic E-state index is -0.412. The van der Waals surface area contributed by atoms with Gasteiger partial charge >= 0.3 is 0 Å². The first kappa shape index (κ1) is 17.8. The standard InChI is InChI=1S/C17H27N3O3S/c1-11(2)16-18-12(3)15(24-16)17(22)20-6-4-5-19(7-8-20)13-9-23-10-14(13)21/h11,13-14,21H,4-10H2,1-3H3/t13-,14-/m1/s1. The van der Waals surface area contributed by atoms with Crippen LogP contribution in [-0.4, -0.2) is 77.3 Å². The van der Waals surface area contributed by atoms with Crippen LogP contribution in [0.2, 0.25) is 0 Å². The Morgan fingerprint density at radius 2 is 2.08 bits per heavy atom. The Hall–Kier alpha value is -1.02. The van der Waals surface area contributed by atoms with Crippen LogP contribution in [0.1, 0.15) is 46.6 Å². The molecule has 1 amide bonds. The molecule has 2 fully saturated rings. The molecule has 6 nitrogen and oxygen atoms in total. The van der Waals surface area contributed by atoms with Crippen molar-refractivity contribution in [3.8, 4) is 0 Å². The van der Waals surface area contributed by atoms with Gasteiger partial charge in [-0.3, -0.25) is 9.69 Å². The fourth-order valence-corrected chi connectivity index (χ4v) is 4.40. The molecule has 3 heterocycles. The zero-order valence-electron chi connectivity index (χ0n) is 14.7. The molecule has 0 saturated carbocycles. The number of nitrogens with zero attached hydrogens (tertiary/aromatic N) is 3. The molecular weight excluding hydrogens is 326 g/mol. The minimum absolute atomic E-state index is 0.0673. The van der Waals surface area contributed by atoms with Crippen LogP contribution in [0.25, 0.3) is 0 Å². The van der Waals surface area contributed by atoms with Crippen molar-refractivity contribution >= 4 is 17.2 Å². The summed E-state index contributed by atoms with van der Waals surface area (Å²) in [4.78, 5) is 22.4. The summed E-state index contributed by atoms with van der Waals surface area (Å²) in [5, 5.41) is 11.0. The Labute approximate surface area is 147 Å². The van der Waals surface area contributed by atoms with Gasteiger partial charge in [-0.15, -0.1) is 11.3 Å². The van der Waals surface area contributed by atoms with Gasteiger partial charge in [-0.1, -0.05) is 13.8 Å². The predicted molar refractivity (Wildman–Crippen MR) is 93.6 cm³/mol. The van der Waals surface area contributed by atoms with E-state index >= 15 is 0 Å². The van der Waals surface area contributed by atoms with Crippen molar-refractivity contribution in [2.24, 2.45) is 0 Å². The van der Waals surface area contributed by atoms with Crippen molar-refractivity contribution in [1.82, 2.24) is 14.8 Å². The zero-order valence-corrected chi connectivity index (χ0v) is 15.5. The van der Waals surface area contributed by atoms with Crippen LogP contribution in [0.3, 0.4) is 0 Å². The number of ether oxygens (including phenoxy) is 1. The second kappa shape index (κ2) is 7.47. The number of amides is 1. The van der Waals surface area contributed by atoms with E-state index in [0.717, 1.165) is 41.6 Å². The van der Waals surface area contributed by atoms with Gasteiger partial charge in [0.2, 0.25) is 0 Å². The number of aromatic nitrogens is 1. The molecule has 0 bridgehead atoms. The average Bonchev–Trinajstić information content (AvgIpc) is 3.05. The third-order valence-corrected chi connectivity index (χ3v) is 6.26. The van der Waals surface area contributed by atoms with Crippen LogP contribution in [-0.2, 0) is 4.74 Å². The molecular formula is C17H27N3O3S. The number of carbonyl (C=O) groups is 1. The van der Waals surface area contributed by atoms with Crippen LogP contribution < -0.4 is 0 Å². The summed E-state index contributed by atoms with van der Waals surface area (Å²) in [5.41, 5.74) is 0.842. The lowest BCUT2D eigenvalue weighted by molar-refractivity contribution is 0.0728. The molecule has 1 N–H and O–H groups in total. The number of hydrogen-bond donors (Lipinski definition) is 1. The summed E-state index contributed by atoms with van der Waals surface area (Å²) in [6.45, 7) is 10.3. The van der Waals surface area contributed by atoms with Gasteiger partial charge in [-0.25, -0.2) is 4.98 Å². The van der Waals surface area contributed by atoms with Crippen molar-refractivity contribution in [3.05, 3.63) is 15.6 Å². The van der Waals surface area contributed by atoms with E-state index in [1.54, 1.807) is 0 Å². The fourth-order valence-electron chi connectivity index (χ4n) is 3.36. The van der Waals surface area contributed by atoms with Crippen molar-refractivity contribution in [2.45, 2.75) is 45.3 Å². The van der Waals surface area contributed by atoms with Crippen molar-refractivity contribution < 1.29 is 14.6 Å². The lowest BCUT2D eigenvalue weighted by Gasteiger charge is -2.28. The molecule has 2 saturated heterocycles. The molecule has 2 aliphatic rings.